The van der Waals surface area contributed by atoms with Crippen LogP contribution in [0.2, 0.25) is 0 Å². The maximum atomic E-state index is 13.6. The molecule has 0 saturated heterocycles. The van der Waals surface area contributed by atoms with Gasteiger partial charge in [-0.1, -0.05) is 114 Å². The standard InChI is InChI=1S/C43H58O4/c1-3-5-8-12-33-14-18-35(19-15-33)37-22-24-39(25-23-37)41(44)46-32-43(30-10-7-11-31-43)42(45)47-40-28-26-38(27-29-40)36-20-16-34(17-21-36)13-9-6-4-2/h7,10-11,22-30,33-36H,3-6,8-9,12-21,31-32H2,1-2H3. The molecule has 0 aliphatic heterocycles. The van der Waals surface area contributed by atoms with Crippen LogP contribution in [0.5, 0.6) is 5.75 Å². The van der Waals surface area contributed by atoms with Gasteiger partial charge in [-0.15, -0.1) is 0 Å². The summed E-state index contributed by atoms with van der Waals surface area (Å²) >= 11 is 0. The highest BCUT2D eigenvalue weighted by Gasteiger charge is 2.40. The zero-order chi connectivity index (χ0) is 32.9. The molecule has 254 valence electrons. The van der Waals surface area contributed by atoms with Crippen molar-refractivity contribution in [3.63, 3.8) is 0 Å². The molecule has 0 amide bonds. The lowest BCUT2D eigenvalue weighted by molar-refractivity contribution is -0.145. The molecule has 1 atom stereocenters. The van der Waals surface area contributed by atoms with Gasteiger partial charge >= 0.3 is 11.9 Å². The summed E-state index contributed by atoms with van der Waals surface area (Å²) in [5.74, 6) is 2.65. The van der Waals surface area contributed by atoms with E-state index in [2.05, 4.69) is 38.1 Å². The summed E-state index contributed by atoms with van der Waals surface area (Å²) in [6.45, 7) is 4.48. The Morgan fingerprint density at radius 3 is 1.70 bits per heavy atom. The van der Waals surface area contributed by atoms with E-state index in [9.17, 15) is 9.59 Å². The van der Waals surface area contributed by atoms with Crippen molar-refractivity contribution < 1.29 is 19.1 Å². The Bertz CT molecular complexity index is 1310. The molecule has 0 aromatic heterocycles. The maximum Gasteiger partial charge on any atom is 0.338 e. The lowest BCUT2D eigenvalue weighted by atomic mass is 9.77. The number of hydrogen-bond donors (Lipinski definition) is 0. The van der Waals surface area contributed by atoms with E-state index in [0.717, 1.165) is 11.8 Å². The molecule has 0 spiro atoms. The number of unbranched alkanes of at least 4 members (excludes halogenated alkanes) is 4. The molecular formula is C43H58O4. The fraction of sp³-hybridized carbons (Fsp3) is 0.581. The Labute approximate surface area is 284 Å². The molecule has 4 nitrogen and oxygen atoms in total. The van der Waals surface area contributed by atoms with Crippen molar-refractivity contribution in [2.75, 3.05) is 6.61 Å². The van der Waals surface area contributed by atoms with E-state index in [0.29, 0.717) is 29.6 Å². The Morgan fingerprint density at radius 1 is 0.681 bits per heavy atom. The van der Waals surface area contributed by atoms with E-state index in [4.69, 9.17) is 9.47 Å². The van der Waals surface area contributed by atoms with Crippen LogP contribution >= 0.6 is 0 Å². The maximum absolute atomic E-state index is 13.6. The third-order valence-electron chi connectivity index (χ3n) is 11.3. The van der Waals surface area contributed by atoms with E-state index in [1.165, 1.54) is 114 Å². The molecule has 0 heterocycles. The van der Waals surface area contributed by atoms with Gasteiger partial charge in [0.2, 0.25) is 0 Å². The molecule has 3 aliphatic carbocycles. The third-order valence-corrected chi connectivity index (χ3v) is 11.3. The highest BCUT2D eigenvalue weighted by atomic mass is 16.6. The molecule has 4 heteroatoms. The minimum Gasteiger partial charge on any atom is -0.461 e. The first-order chi connectivity index (χ1) is 23.0. The second-order valence-electron chi connectivity index (χ2n) is 14.7. The van der Waals surface area contributed by atoms with Crippen molar-refractivity contribution in [1.29, 1.82) is 0 Å². The smallest absolute Gasteiger partial charge is 0.338 e. The van der Waals surface area contributed by atoms with Gasteiger partial charge < -0.3 is 9.47 Å². The number of ether oxygens (including phenoxy) is 2. The largest absolute Gasteiger partial charge is 0.461 e. The predicted molar refractivity (Wildman–Crippen MR) is 192 cm³/mol. The van der Waals surface area contributed by atoms with Crippen LogP contribution in [0.3, 0.4) is 0 Å². The first kappa shape index (κ1) is 35.2. The number of esters is 2. The van der Waals surface area contributed by atoms with Crippen LogP contribution in [-0.2, 0) is 9.53 Å². The summed E-state index contributed by atoms with van der Waals surface area (Å²) in [5.41, 5.74) is 2.12. The summed E-state index contributed by atoms with van der Waals surface area (Å²) in [6, 6.07) is 16.0. The molecule has 2 aromatic rings. The van der Waals surface area contributed by atoms with Crippen molar-refractivity contribution in [3.05, 3.63) is 89.5 Å². The molecule has 1 unspecified atom stereocenters. The van der Waals surface area contributed by atoms with Gasteiger partial charge in [-0.25, -0.2) is 4.79 Å². The molecule has 2 aromatic carbocycles. The van der Waals surface area contributed by atoms with Crippen molar-refractivity contribution in [2.45, 2.75) is 135 Å². The second-order valence-corrected chi connectivity index (χ2v) is 14.7. The van der Waals surface area contributed by atoms with Crippen LogP contribution in [0.25, 0.3) is 0 Å². The van der Waals surface area contributed by atoms with E-state index in [1.807, 2.05) is 48.6 Å². The molecule has 3 aliphatic rings. The number of carbonyl (C=O) groups excluding carboxylic acids is 2. The third kappa shape index (κ3) is 9.94. The normalized spacial score (nSPS) is 25.7. The van der Waals surface area contributed by atoms with Crippen LogP contribution < -0.4 is 4.74 Å². The van der Waals surface area contributed by atoms with Crippen LogP contribution in [0.15, 0.2) is 72.8 Å². The number of rotatable bonds is 15. The number of hydrogen-bond acceptors (Lipinski definition) is 4. The number of allylic oxidation sites excluding steroid dienone is 3. The van der Waals surface area contributed by atoms with Crippen LogP contribution in [0.4, 0.5) is 0 Å². The van der Waals surface area contributed by atoms with E-state index in [-0.39, 0.29) is 6.61 Å². The Kier molecular flexibility index (Phi) is 13.4. The van der Waals surface area contributed by atoms with E-state index >= 15 is 0 Å². The van der Waals surface area contributed by atoms with Gasteiger partial charge in [0.1, 0.15) is 17.8 Å². The van der Waals surface area contributed by atoms with Crippen molar-refractivity contribution in [2.24, 2.45) is 17.3 Å². The monoisotopic (exact) mass is 638 g/mol. The lowest BCUT2D eigenvalue weighted by Crippen LogP contribution is -2.38. The van der Waals surface area contributed by atoms with Gasteiger partial charge in [-0.3, -0.25) is 4.79 Å². The van der Waals surface area contributed by atoms with Gasteiger partial charge in [-0.05, 0) is 117 Å². The van der Waals surface area contributed by atoms with E-state index < -0.39 is 17.4 Å². The van der Waals surface area contributed by atoms with E-state index in [1.54, 1.807) is 0 Å². The van der Waals surface area contributed by atoms with Gasteiger partial charge in [0.15, 0.2) is 0 Å². The molecule has 0 radical (unpaired) electrons. The quantitative estimate of drug-likeness (QED) is 0.111. The summed E-state index contributed by atoms with van der Waals surface area (Å²) in [5, 5.41) is 0. The van der Waals surface area contributed by atoms with Gasteiger partial charge in [-0.2, -0.15) is 0 Å². The minimum atomic E-state index is -1.05. The lowest BCUT2D eigenvalue weighted by Gasteiger charge is -2.29. The first-order valence-electron chi connectivity index (χ1n) is 18.9. The molecule has 2 fully saturated rings. The highest BCUT2D eigenvalue weighted by Crippen LogP contribution is 2.40. The fourth-order valence-corrected chi connectivity index (χ4v) is 8.10. The molecule has 2 saturated carbocycles. The Balaban J connectivity index is 1.11. The predicted octanol–water partition coefficient (Wildman–Crippen LogP) is 11.7. The topological polar surface area (TPSA) is 52.6 Å². The van der Waals surface area contributed by atoms with Gasteiger partial charge in [0.25, 0.3) is 0 Å². The molecule has 0 N–H and O–H groups in total. The highest BCUT2D eigenvalue weighted by molar-refractivity contribution is 5.90. The molecule has 5 rings (SSSR count). The minimum absolute atomic E-state index is 0.0606. The van der Waals surface area contributed by atoms with Crippen molar-refractivity contribution in [3.8, 4) is 5.75 Å². The molecule has 0 bridgehead atoms. The number of benzene rings is 2. The first-order valence-corrected chi connectivity index (χ1v) is 18.9. The zero-order valence-corrected chi connectivity index (χ0v) is 29.1. The van der Waals surface area contributed by atoms with Crippen molar-refractivity contribution >= 4 is 11.9 Å². The summed E-state index contributed by atoms with van der Waals surface area (Å²) in [7, 11) is 0. The molecule has 47 heavy (non-hydrogen) atoms. The van der Waals surface area contributed by atoms with Crippen LogP contribution in [0.1, 0.15) is 156 Å². The van der Waals surface area contributed by atoms with Gasteiger partial charge in [0.05, 0.1) is 5.56 Å². The van der Waals surface area contributed by atoms with Crippen LogP contribution in [0, 0.1) is 17.3 Å². The fourth-order valence-electron chi connectivity index (χ4n) is 8.10. The average molecular weight is 639 g/mol. The Morgan fingerprint density at radius 2 is 1.21 bits per heavy atom. The second kappa shape index (κ2) is 17.9. The summed E-state index contributed by atoms with van der Waals surface area (Å²) < 4.78 is 11.7. The molecular weight excluding hydrogens is 580 g/mol. The zero-order valence-electron chi connectivity index (χ0n) is 29.1. The Hall–Kier alpha value is -3.14. The van der Waals surface area contributed by atoms with Crippen LogP contribution in [-0.4, -0.2) is 18.5 Å². The summed E-state index contributed by atoms with van der Waals surface area (Å²) in [6.07, 6.45) is 28.9. The summed E-state index contributed by atoms with van der Waals surface area (Å²) in [4.78, 5) is 26.7. The number of carbonyl (C=O) groups is 2. The van der Waals surface area contributed by atoms with Gasteiger partial charge in [0, 0.05) is 0 Å². The van der Waals surface area contributed by atoms with Crippen molar-refractivity contribution in [1.82, 2.24) is 0 Å². The average Bonchev–Trinajstić information content (AvgIpc) is 3.12. The SMILES string of the molecule is CCCCCC1CCC(c2ccc(OC(=O)C3(COC(=O)c4ccc(C5CCC(CCCCC)CC5)cc4)C=CC=CC3)cc2)CC1.